The fourth-order valence-electron chi connectivity index (χ4n) is 3.17. The molecule has 0 saturated heterocycles. The maximum atomic E-state index is 12.8. The Bertz CT molecular complexity index is 807. The first kappa shape index (κ1) is 13.5. The number of amides is 1. The summed E-state index contributed by atoms with van der Waals surface area (Å²) in [6.07, 6.45) is 6.33. The zero-order valence-electron chi connectivity index (χ0n) is 12.4. The molecule has 1 atom stereocenters. The van der Waals surface area contributed by atoms with Gasteiger partial charge in [0.1, 0.15) is 0 Å². The second-order valence-electron chi connectivity index (χ2n) is 5.78. The van der Waals surface area contributed by atoms with Crippen LogP contribution >= 0.6 is 11.3 Å². The average Bonchev–Trinajstić information content (AvgIpc) is 3.08. The monoisotopic (exact) mass is 311 g/mol. The van der Waals surface area contributed by atoms with Gasteiger partial charge < -0.3 is 4.90 Å². The van der Waals surface area contributed by atoms with E-state index in [1.807, 2.05) is 39.2 Å². The summed E-state index contributed by atoms with van der Waals surface area (Å²) in [7, 11) is 0. The van der Waals surface area contributed by atoms with Crippen LogP contribution in [-0.2, 0) is 17.6 Å². The van der Waals surface area contributed by atoms with E-state index < -0.39 is 0 Å². The van der Waals surface area contributed by atoms with Gasteiger partial charge in [0.15, 0.2) is 4.96 Å². The number of thiazole rings is 1. The standard InChI is InChI=1S/C17H17N3OS/c1-12-6-7-13-4-2-3-5-15(13)20(12)16(21)10-14-11-19-8-9-22-17(19)18-14/h2-5,8-9,11-12H,6-7,10H2,1H3. The molecule has 0 N–H and O–H groups in total. The summed E-state index contributed by atoms with van der Waals surface area (Å²) < 4.78 is 1.97. The number of benzene rings is 1. The molecule has 1 amide bonds. The molecule has 0 bridgehead atoms. The van der Waals surface area contributed by atoms with Crippen LogP contribution in [0, 0.1) is 0 Å². The van der Waals surface area contributed by atoms with Crippen molar-refractivity contribution in [2.75, 3.05) is 4.90 Å². The van der Waals surface area contributed by atoms with Gasteiger partial charge in [0.05, 0.1) is 12.1 Å². The van der Waals surface area contributed by atoms with E-state index in [2.05, 4.69) is 24.0 Å². The van der Waals surface area contributed by atoms with Crippen molar-refractivity contribution in [1.82, 2.24) is 9.38 Å². The summed E-state index contributed by atoms with van der Waals surface area (Å²) in [6.45, 7) is 2.12. The van der Waals surface area contributed by atoms with Crippen molar-refractivity contribution in [1.29, 1.82) is 0 Å². The largest absolute Gasteiger partial charge is 0.309 e. The van der Waals surface area contributed by atoms with Gasteiger partial charge in [-0.25, -0.2) is 4.98 Å². The third kappa shape index (κ3) is 2.22. The number of aryl methyl sites for hydroxylation is 1. The van der Waals surface area contributed by atoms with Crippen LogP contribution in [0.4, 0.5) is 5.69 Å². The molecular weight excluding hydrogens is 294 g/mol. The minimum Gasteiger partial charge on any atom is -0.309 e. The Balaban J connectivity index is 1.63. The van der Waals surface area contributed by atoms with Gasteiger partial charge in [0.25, 0.3) is 0 Å². The van der Waals surface area contributed by atoms with E-state index >= 15 is 0 Å². The van der Waals surface area contributed by atoms with Crippen molar-refractivity contribution in [3.8, 4) is 0 Å². The van der Waals surface area contributed by atoms with Crippen molar-refractivity contribution in [2.24, 2.45) is 0 Å². The minimum absolute atomic E-state index is 0.130. The fourth-order valence-corrected chi connectivity index (χ4v) is 3.89. The number of carbonyl (C=O) groups is 1. The van der Waals surface area contributed by atoms with Crippen LogP contribution in [0.1, 0.15) is 24.6 Å². The molecule has 1 aliphatic heterocycles. The van der Waals surface area contributed by atoms with Crippen LogP contribution in [0.5, 0.6) is 0 Å². The molecule has 2 aromatic heterocycles. The van der Waals surface area contributed by atoms with Gasteiger partial charge in [0, 0.05) is 29.5 Å². The Hall–Kier alpha value is -2.14. The van der Waals surface area contributed by atoms with Crippen molar-refractivity contribution >= 4 is 27.9 Å². The van der Waals surface area contributed by atoms with Gasteiger partial charge in [-0.15, -0.1) is 11.3 Å². The normalized spacial score (nSPS) is 17.7. The molecule has 22 heavy (non-hydrogen) atoms. The molecule has 0 radical (unpaired) electrons. The minimum atomic E-state index is 0.130. The summed E-state index contributed by atoms with van der Waals surface area (Å²) in [5.41, 5.74) is 3.17. The van der Waals surface area contributed by atoms with E-state index in [-0.39, 0.29) is 11.9 Å². The second-order valence-corrected chi connectivity index (χ2v) is 6.66. The summed E-state index contributed by atoms with van der Waals surface area (Å²) in [4.78, 5) is 20.2. The van der Waals surface area contributed by atoms with Gasteiger partial charge in [-0.05, 0) is 31.4 Å². The first-order valence-corrected chi connectivity index (χ1v) is 8.41. The zero-order chi connectivity index (χ0) is 15.1. The highest BCUT2D eigenvalue weighted by atomic mass is 32.1. The Morgan fingerprint density at radius 2 is 2.27 bits per heavy atom. The fraction of sp³-hybridized carbons (Fsp3) is 0.294. The Kier molecular flexibility index (Phi) is 3.22. The zero-order valence-corrected chi connectivity index (χ0v) is 13.2. The molecule has 1 aromatic carbocycles. The highest BCUT2D eigenvalue weighted by molar-refractivity contribution is 7.15. The molecule has 0 aliphatic carbocycles. The summed E-state index contributed by atoms with van der Waals surface area (Å²) >= 11 is 1.59. The van der Waals surface area contributed by atoms with Crippen LogP contribution < -0.4 is 4.90 Å². The lowest BCUT2D eigenvalue weighted by molar-refractivity contribution is -0.118. The Morgan fingerprint density at radius 1 is 1.41 bits per heavy atom. The van der Waals surface area contributed by atoms with E-state index in [0.717, 1.165) is 29.2 Å². The van der Waals surface area contributed by atoms with Crippen LogP contribution in [0.25, 0.3) is 4.96 Å². The predicted octanol–water partition coefficient (Wildman–Crippen LogP) is 3.31. The lowest BCUT2D eigenvalue weighted by Gasteiger charge is -2.35. The summed E-state index contributed by atoms with van der Waals surface area (Å²) in [5, 5.41) is 2.00. The van der Waals surface area contributed by atoms with Gasteiger partial charge in [-0.3, -0.25) is 9.20 Å². The number of fused-ring (bicyclic) bond motifs is 2. The quantitative estimate of drug-likeness (QED) is 0.728. The van der Waals surface area contributed by atoms with Crippen LogP contribution in [0.3, 0.4) is 0 Å². The second kappa shape index (κ2) is 5.25. The van der Waals surface area contributed by atoms with Crippen LogP contribution in [0.15, 0.2) is 42.0 Å². The number of imidazole rings is 1. The molecule has 1 aliphatic rings. The summed E-state index contributed by atoms with van der Waals surface area (Å²) in [6, 6.07) is 8.46. The lowest BCUT2D eigenvalue weighted by atomic mass is 9.96. The SMILES string of the molecule is CC1CCc2ccccc2N1C(=O)Cc1cn2ccsc2n1. The third-order valence-electron chi connectivity index (χ3n) is 4.27. The van der Waals surface area contributed by atoms with Crippen LogP contribution in [0.2, 0.25) is 0 Å². The third-order valence-corrected chi connectivity index (χ3v) is 5.04. The molecule has 112 valence electrons. The molecule has 1 unspecified atom stereocenters. The van der Waals surface area contributed by atoms with E-state index in [4.69, 9.17) is 0 Å². The van der Waals surface area contributed by atoms with Gasteiger partial charge in [0.2, 0.25) is 5.91 Å². The number of carbonyl (C=O) groups excluding carboxylic acids is 1. The smallest absolute Gasteiger partial charge is 0.233 e. The van der Waals surface area contributed by atoms with E-state index in [1.54, 1.807) is 11.3 Å². The first-order valence-electron chi connectivity index (χ1n) is 7.53. The molecule has 4 rings (SSSR count). The molecule has 0 spiro atoms. The molecule has 3 aromatic rings. The number of rotatable bonds is 2. The van der Waals surface area contributed by atoms with E-state index in [1.165, 1.54) is 5.56 Å². The number of hydrogen-bond acceptors (Lipinski definition) is 3. The molecule has 0 fully saturated rings. The number of anilines is 1. The molecule has 3 heterocycles. The number of aromatic nitrogens is 2. The highest BCUT2D eigenvalue weighted by Gasteiger charge is 2.28. The summed E-state index contributed by atoms with van der Waals surface area (Å²) in [5.74, 6) is 0.130. The van der Waals surface area contributed by atoms with Crippen molar-refractivity contribution in [3.05, 3.63) is 53.3 Å². The van der Waals surface area contributed by atoms with E-state index in [9.17, 15) is 4.79 Å². The Morgan fingerprint density at radius 3 is 3.14 bits per heavy atom. The number of hydrogen-bond donors (Lipinski definition) is 0. The van der Waals surface area contributed by atoms with Crippen molar-refractivity contribution in [3.63, 3.8) is 0 Å². The van der Waals surface area contributed by atoms with Crippen LogP contribution in [-0.4, -0.2) is 21.3 Å². The topological polar surface area (TPSA) is 37.6 Å². The molecule has 0 saturated carbocycles. The van der Waals surface area contributed by atoms with Crippen molar-refractivity contribution < 1.29 is 4.79 Å². The van der Waals surface area contributed by atoms with E-state index in [0.29, 0.717) is 6.42 Å². The average molecular weight is 311 g/mol. The predicted molar refractivity (Wildman–Crippen MR) is 88.5 cm³/mol. The first-order chi connectivity index (χ1) is 10.7. The highest BCUT2D eigenvalue weighted by Crippen LogP contribution is 2.31. The van der Waals surface area contributed by atoms with Gasteiger partial charge >= 0.3 is 0 Å². The molecular formula is C17H17N3OS. The number of nitrogens with zero attached hydrogens (tertiary/aromatic N) is 3. The Labute approximate surface area is 133 Å². The molecule has 4 nitrogen and oxygen atoms in total. The maximum absolute atomic E-state index is 12.8. The van der Waals surface area contributed by atoms with Gasteiger partial charge in [-0.2, -0.15) is 0 Å². The number of para-hydroxylation sites is 1. The van der Waals surface area contributed by atoms with Gasteiger partial charge in [-0.1, -0.05) is 18.2 Å². The maximum Gasteiger partial charge on any atom is 0.233 e. The van der Waals surface area contributed by atoms with Crippen molar-refractivity contribution in [2.45, 2.75) is 32.2 Å². The molecule has 5 heteroatoms. The lowest BCUT2D eigenvalue weighted by Crippen LogP contribution is -2.43.